The number of rotatable bonds is 7. The summed E-state index contributed by atoms with van der Waals surface area (Å²) in [6, 6.07) is 15.6. The molecule has 1 N–H and O–H groups in total. The summed E-state index contributed by atoms with van der Waals surface area (Å²) in [5, 5.41) is 2.95. The Hall–Kier alpha value is -2.33. The van der Waals surface area contributed by atoms with Gasteiger partial charge in [0.15, 0.2) is 0 Å². The number of carbonyl (C=O) groups excluding carboxylic acids is 1. The van der Waals surface area contributed by atoms with Gasteiger partial charge in [0.25, 0.3) is 0 Å². The van der Waals surface area contributed by atoms with Gasteiger partial charge >= 0.3 is 0 Å². The molecule has 0 radical (unpaired) electrons. The van der Waals surface area contributed by atoms with E-state index in [1.54, 1.807) is 0 Å². The average molecular weight is 326 g/mol. The Morgan fingerprint density at radius 3 is 2.33 bits per heavy atom. The molecule has 24 heavy (non-hydrogen) atoms. The maximum Gasteiger partial charge on any atom is 0.241 e. The van der Waals surface area contributed by atoms with Gasteiger partial charge in [-0.2, -0.15) is 0 Å². The molecule has 4 heteroatoms. The van der Waals surface area contributed by atoms with Gasteiger partial charge in [-0.1, -0.05) is 29.8 Å². The van der Waals surface area contributed by atoms with Crippen molar-refractivity contribution in [1.82, 2.24) is 4.90 Å². The highest BCUT2D eigenvalue weighted by atomic mass is 16.5. The second-order valence-electron chi connectivity index (χ2n) is 6.02. The Labute approximate surface area is 144 Å². The number of amides is 1. The fraction of sp³-hybridized carbons (Fsp3) is 0.350. The van der Waals surface area contributed by atoms with Crippen molar-refractivity contribution in [2.24, 2.45) is 0 Å². The van der Waals surface area contributed by atoms with Crippen molar-refractivity contribution in [3.05, 3.63) is 59.7 Å². The van der Waals surface area contributed by atoms with Crippen LogP contribution in [0, 0.1) is 6.92 Å². The first kappa shape index (κ1) is 18.0. The summed E-state index contributed by atoms with van der Waals surface area (Å²) in [6.45, 7) is 7.30. The Morgan fingerprint density at radius 1 is 1.12 bits per heavy atom. The van der Waals surface area contributed by atoms with Gasteiger partial charge in [-0.25, -0.2) is 0 Å². The molecule has 0 aliphatic carbocycles. The van der Waals surface area contributed by atoms with Crippen LogP contribution < -0.4 is 10.1 Å². The molecule has 0 bridgehead atoms. The van der Waals surface area contributed by atoms with Crippen LogP contribution in [0.25, 0.3) is 0 Å². The predicted octanol–water partition coefficient (Wildman–Crippen LogP) is 3.85. The SMILES string of the molecule is CCOc1ccc(NC(=O)C(C)N(C)Cc2ccc(C)cc2)cc1. The van der Waals surface area contributed by atoms with Crippen molar-refractivity contribution < 1.29 is 9.53 Å². The van der Waals surface area contributed by atoms with Crippen molar-refractivity contribution in [3.8, 4) is 5.75 Å². The van der Waals surface area contributed by atoms with Crippen LogP contribution in [0.15, 0.2) is 48.5 Å². The molecule has 1 unspecified atom stereocenters. The molecule has 0 aliphatic heterocycles. The number of nitrogens with zero attached hydrogens (tertiary/aromatic N) is 1. The Morgan fingerprint density at radius 2 is 1.75 bits per heavy atom. The molecule has 4 nitrogen and oxygen atoms in total. The molecule has 2 aromatic carbocycles. The van der Waals surface area contributed by atoms with Gasteiger partial charge in [-0.15, -0.1) is 0 Å². The van der Waals surface area contributed by atoms with E-state index in [-0.39, 0.29) is 11.9 Å². The van der Waals surface area contributed by atoms with Crippen LogP contribution in [0.2, 0.25) is 0 Å². The predicted molar refractivity (Wildman–Crippen MR) is 98.3 cm³/mol. The first-order valence-electron chi connectivity index (χ1n) is 8.29. The molecule has 128 valence electrons. The zero-order valence-corrected chi connectivity index (χ0v) is 14.9. The lowest BCUT2D eigenvalue weighted by molar-refractivity contribution is -0.120. The smallest absolute Gasteiger partial charge is 0.241 e. The number of carbonyl (C=O) groups is 1. The van der Waals surface area contributed by atoms with Crippen LogP contribution in [-0.4, -0.2) is 30.5 Å². The van der Waals surface area contributed by atoms with E-state index in [9.17, 15) is 4.79 Å². The molecule has 0 aliphatic rings. The van der Waals surface area contributed by atoms with Crippen LogP contribution in [-0.2, 0) is 11.3 Å². The van der Waals surface area contributed by atoms with Crippen molar-refractivity contribution in [2.45, 2.75) is 33.4 Å². The van der Waals surface area contributed by atoms with Crippen molar-refractivity contribution in [1.29, 1.82) is 0 Å². The fourth-order valence-electron chi connectivity index (χ4n) is 2.37. The molecule has 0 aromatic heterocycles. The summed E-state index contributed by atoms with van der Waals surface area (Å²) in [4.78, 5) is 14.5. The maximum absolute atomic E-state index is 12.4. The molecule has 2 aromatic rings. The van der Waals surface area contributed by atoms with Gasteiger partial charge in [-0.3, -0.25) is 9.69 Å². The van der Waals surface area contributed by atoms with Gasteiger partial charge in [0.1, 0.15) is 5.75 Å². The van der Waals surface area contributed by atoms with Crippen LogP contribution in [0.1, 0.15) is 25.0 Å². The van der Waals surface area contributed by atoms with Gasteiger partial charge in [0.2, 0.25) is 5.91 Å². The second kappa shape index (κ2) is 8.50. The van der Waals surface area contributed by atoms with E-state index in [1.165, 1.54) is 11.1 Å². The third-order valence-corrected chi connectivity index (χ3v) is 4.03. The summed E-state index contributed by atoms with van der Waals surface area (Å²) in [7, 11) is 1.96. The van der Waals surface area contributed by atoms with Gasteiger partial charge in [0.05, 0.1) is 12.6 Å². The van der Waals surface area contributed by atoms with Crippen LogP contribution >= 0.6 is 0 Å². The third kappa shape index (κ3) is 5.10. The average Bonchev–Trinajstić information content (AvgIpc) is 2.58. The molecule has 1 amide bonds. The van der Waals surface area contributed by atoms with E-state index in [0.29, 0.717) is 6.61 Å². The highest BCUT2D eigenvalue weighted by molar-refractivity contribution is 5.94. The van der Waals surface area contributed by atoms with E-state index in [2.05, 4.69) is 36.5 Å². The summed E-state index contributed by atoms with van der Waals surface area (Å²) in [6.07, 6.45) is 0. The second-order valence-corrected chi connectivity index (χ2v) is 6.02. The summed E-state index contributed by atoms with van der Waals surface area (Å²) >= 11 is 0. The standard InChI is InChI=1S/C20H26N2O2/c1-5-24-19-12-10-18(11-13-19)21-20(23)16(3)22(4)14-17-8-6-15(2)7-9-17/h6-13,16H,5,14H2,1-4H3,(H,21,23). The summed E-state index contributed by atoms with van der Waals surface area (Å²) in [5.74, 6) is 0.786. The molecular weight excluding hydrogens is 300 g/mol. The lowest BCUT2D eigenvalue weighted by Gasteiger charge is -2.24. The van der Waals surface area contributed by atoms with E-state index in [4.69, 9.17) is 4.74 Å². The van der Waals surface area contributed by atoms with Gasteiger partial charge in [0, 0.05) is 12.2 Å². The number of aryl methyl sites for hydroxylation is 1. The lowest BCUT2D eigenvalue weighted by Crippen LogP contribution is -2.39. The zero-order valence-electron chi connectivity index (χ0n) is 14.9. The first-order chi connectivity index (χ1) is 11.5. The third-order valence-electron chi connectivity index (χ3n) is 4.03. The zero-order chi connectivity index (χ0) is 17.5. The number of anilines is 1. The fourth-order valence-corrected chi connectivity index (χ4v) is 2.37. The number of hydrogen-bond acceptors (Lipinski definition) is 3. The minimum Gasteiger partial charge on any atom is -0.494 e. The molecule has 0 saturated heterocycles. The molecule has 0 saturated carbocycles. The van der Waals surface area contributed by atoms with Crippen LogP contribution in [0.3, 0.4) is 0 Å². The van der Waals surface area contributed by atoms with Crippen molar-refractivity contribution >= 4 is 11.6 Å². The van der Waals surface area contributed by atoms with Crippen molar-refractivity contribution in [2.75, 3.05) is 19.0 Å². The summed E-state index contributed by atoms with van der Waals surface area (Å²) in [5.41, 5.74) is 3.21. The Kier molecular flexibility index (Phi) is 6.38. The lowest BCUT2D eigenvalue weighted by atomic mass is 10.1. The Balaban J connectivity index is 1.91. The van der Waals surface area contributed by atoms with E-state index >= 15 is 0 Å². The first-order valence-corrected chi connectivity index (χ1v) is 8.29. The number of likely N-dealkylation sites (N-methyl/N-ethyl adjacent to an activating group) is 1. The number of benzene rings is 2. The highest BCUT2D eigenvalue weighted by Crippen LogP contribution is 2.16. The van der Waals surface area contributed by atoms with E-state index < -0.39 is 0 Å². The summed E-state index contributed by atoms with van der Waals surface area (Å²) < 4.78 is 5.41. The van der Waals surface area contributed by atoms with E-state index in [1.807, 2.05) is 50.1 Å². The normalized spacial score (nSPS) is 12.0. The quantitative estimate of drug-likeness (QED) is 0.840. The molecule has 2 rings (SSSR count). The largest absolute Gasteiger partial charge is 0.494 e. The molecular formula is C20H26N2O2. The minimum absolute atomic E-state index is 0.0197. The van der Waals surface area contributed by atoms with Gasteiger partial charge in [-0.05, 0) is 57.6 Å². The van der Waals surface area contributed by atoms with Crippen molar-refractivity contribution in [3.63, 3.8) is 0 Å². The van der Waals surface area contributed by atoms with E-state index in [0.717, 1.165) is 18.0 Å². The van der Waals surface area contributed by atoms with Crippen LogP contribution in [0.5, 0.6) is 5.75 Å². The number of nitrogens with one attached hydrogen (secondary N) is 1. The highest BCUT2D eigenvalue weighted by Gasteiger charge is 2.18. The topological polar surface area (TPSA) is 41.6 Å². The minimum atomic E-state index is -0.224. The van der Waals surface area contributed by atoms with Crippen LogP contribution in [0.4, 0.5) is 5.69 Å². The van der Waals surface area contributed by atoms with Gasteiger partial charge < -0.3 is 10.1 Å². The molecule has 0 heterocycles. The molecule has 0 spiro atoms. The number of hydrogen-bond donors (Lipinski definition) is 1. The number of ether oxygens (including phenoxy) is 1. The molecule has 0 fully saturated rings. The monoisotopic (exact) mass is 326 g/mol. The molecule has 1 atom stereocenters. The Bertz CT molecular complexity index is 650. The maximum atomic E-state index is 12.4.